The van der Waals surface area contributed by atoms with Gasteiger partial charge in [-0.15, -0.1) is 0 Å². The zero-order valence-corrected chi connectivity index (χ0v) is 12.9. The average molecular weight is 291 g/mol. The van der Waals surface area contributed by atoms with Crippen molar-refractivity contribution in [2.75, 3.05) is 6.54 Å². The number of aliphatic hydroxyl groups is 1. The summed E-state index contributed by atoms with van der Waals surface area (Å²) in [5, 5.41) is 9.74. The minimum atomic E-state index is -0.414. The highest BCUT2D eigenvalue weighted by Crippen LogP contribution is 2.10. The summed E-state index contributed by atoms with van der Waals surface area (Å²) in [5.41, 5.74) is 0.952. The Labute approximate surface area is 126 Å². The standard InChI is InChI=1S/C17H25NO3/c1-3-4-9-15(19)13-14(2)8-5-6-10-16(20)18-12-7-11-17(18)21/h5-6,8,10,13,15,19H,3-4,7,9,11-12H2,1-2H3/b8-5+,10-6+,14-13+/t15-/m0/s1. The highest BCUT2D eigenvalue weighted by Gasteiger charge is 2.24. The molecule has 0 bridgehead atoms. The van der Waals surface area contributed by atoms with Gasteiger partial charge in [0.15, 0.2) is 0 Å². The van der Waals surface area contributed by atoms with Crippen molar-refractivity contribution in [2.45, 2.75) is 52.1 Å². The third-order valence-corrected chi connectivity index (χ3v) is 3.36. The van der Waals surface area contributed by atoms with Crippen molar-refractivity contribution >= 4 is 11.8 Å². The quantitative estimate of drug-likeness (QED) is 0.579. The second-order valence-electron chi connectivity index (χ2n) is 5.33. The van der Waals surface area contributed by atoms with Crippen LogP contribution >= 0.6 is 0 Å². The van der Waals surface area contributed by atoms with Gasteiger partial charge in [-0.3, -0.25) is 14.5 Å². The van der Waals surface area contributed by atoms with Crippen molar-refractivity contribution in [3.05, 3.63) is 36.0 Å². The molecule has 0 aliphatic carbocycles. The van der Waals surface area contributed by atoms with Crippen LogP contribution in [0, 0.1) is 0 Å². The summed E-state index contributed by atoms with van der Waals surface area (Å²) in [5.74, 6) is -0.351. The second-order valence-corrected chi connectivity index (χ2v) is 5.33. The fourth-order valence-corrected chi connectivity index (χ4v) is 2.17. The molecule has 1 saturated heterocycles. The van der Waals surface area contributed by atoms with E-state index in [2.05, 4.69) is 6.92 Å². The molecule has 0 spiro atoms. The van der Waals surface area contributed by atoms with Crippen LogP contribution in [0.3, 0.4) is 0 Å². The minimum absolute atomic E-state index is 0.0937. The maximum atomic E-state index is 11.7. The second kappa shape index (κ2) is 9.29. The molecule has 1 heterocycles. The Hall–Kier alpha value is -1.68. The Morgan fingerprint density at radius 3 is 2.71 bits per heavy atom. The fourth-order valence-electron chi connectivity index (χ4n) is 2.17. The van der Waals surface area contributed by atoms with Gasteiger partial charge in [-0.2, -0.15) is 0 Å². The van der Waals surface area contributed by atoms with E-state index < -0.39 is 6.10 Å². The molecule has 0 saturated carbocycles. The molecule has 1 atom stereocenters. The van der Waals surface area contributed by atoms with E-state index in [0.29, 0.717) is 13.0 Å². The van der Waals surface area contributed by atoms with Crippen LogP contribution in [0.15, 0.2) is 36.0 Å². The maximum absolute atomic E-state index is 11.7. The van der Waals surface area contributed by atoms with Gasteiger partial charge in [-0.1, -0.05) is 49.6 Å². The Morgan fingerprint density at radius 2 is 2.10 bits per heavy atom. The van der Waals surface area contributed by atoms with Crippen LogP contribution in [0.2, 0.25) is 0 Å². The topological polar surface area (TPSA) is 57.6 Å². The molecule has 2 amide bonds. The van der Waals surface area contributed by atoms with Crippen LogP contribution < -0.4 is 0 Å². The first-order valence-electron chi connectivity index (χ1n) is 7.60. The lowest BCUT2D eigenvalue weighted by atomic mass is 10.1. The highest BCUT2D eigenvalue weighted by molar-refractivity contribution is 6.02. The van der Waals surface area contributed by atoms with E-state index in [4.69, 9.17) is 0 Å². The Morgan fingerprint density at radius 1 is 1.38 bits per heavy atom. The number of unbranched alkanes of at least 4 members (excludes halogenated alkanes) is 1. The summed E-state index contributed by atoms with van der Waals surface area (Å²) in [6, 6.07) is 0. The van der Waals surface area contributed by atoms with Gasteiger partial charge in [0.1, 0.15) is 0 Å². The number of amides is 2. The van der Waals surface area contributed by atoms with E-state index in [-0.39, 0.29) is 11.8 Å². The van der Waals surface area contributed by atoms with Crippen molar-refractivity contribution in [1.29, 1.82) is 0 Å². The number of hydrogen-bond donors (Lipinski definition) is 1. The molecule has 1 rings (SSSR count). The lowest BCUT2D eigenvalue weighted by Crippen LogP contribution is -2.30. The summed E-state index contributed by atoms with van der Waals surface area (Å²) >= 11 is 0. The first kappa shape index (κ1) is 17.4. The average Bonchev–Trinajstić information content (AvgIpc) is 2.87. The van der Waals surface area contributed by atoms with Crippen molar-refractivity contribution in [3.8, 4) is 0 Å². The first-order valence-corrected chi connectivity index (χ1v) is 7.60. The molecule has 1 N–H and O–H groups in total. The third-order valence-electron chi connectivity index (χ3n) is 3.36. The molecule has 21 heavy (non-hydrogen) atoms. The number of carbonyl (C=O) groups excluding carboxylic acids is 2. The van der Waals surface area contributed by atoms with Gasteiger partial charge in [-0.25, -0.2) is 0 Å². The first-order chi connectivity index (χ1) is 10.0. The van der Waals surface area contributed by atoms with Crippen molar-refractivity contribution in [2.24, 2.45) is 0 Å². The monoisotopic (exact) mass is 291 g/mol. The van der Waals surface area contributed by atoms with Crippen molar-refractivity contribution in [1.82, 2.24) is 4.90 Å². The van der Waals surface area contributed by atoms with E-state index in [1.807, 2.05) is 19.1 Å². The fraction of sp³-hybridized carbons (Fsp3) is 0.529. The Bertz CT molecular complexity index is 449. The van der Waals surface area contributed by atoms with Crippen LogP contribution in [0.5, 0.6) is 0 Å². The molecule has 0 aromatic heterocycles. The molecule has 0 unspecified atom stereocenters. The number of carbonyl (C=O) groups is 2. The number of aliphatic hydroxyl groups excluding tert-OH is 1. The van der Waals surface area contributed by atoms with Gasteiger partial charge >= 0.3 is 0 Å². The molecule has 1 aliphatic rings. The molecular weight excluding hydrogens is 266 g/mol. The lowest BCUT2D eigenvalue weighted by molar-refractivity contribution is -0.138. The number of hydrogen-bond acceptors (Lipinski definition) is 3. The Balaban J connectivity index is 2.42. The predicted molar refractivity (Wildman–Crippen MR) is 83.5 cm³/mol. The smallest absolute Gasteiger partial charge is 0.253 e. The van der Waals surface area contributed by atoms with Gasteiger partial charge in [0.05, 0.1) is 6.10 Å². The SMILES string of the molecule is CCCC[C@H](O)/C=C(C)/C=C/C=C/C(=O)N1CCCC1=O. The summed E-state index contributed by atoms with van der Waals surface area (Å²) < 4.78 is 0. The van der Waals surface area contributed by atoms with Gasteiger partial charge in [0.25, 0.3) is 5.91 Å². The number of nitrogens with zero attached hydrogens (tertiary/aromatic N) is 1. The van der Waals surface area contributed by atoms with Crippen molar-refractivity contribution < 1.29 is 14.7 Å². The molecule has 4 heteroatoms. The molecule has 116 valence electrons. The van der Waals surface area contributed by atoms with Gasteiger partial charge < -0.3 is 5.11 Å². The summed E-state index contributed by atoms with van der Waals surface area (Å²) in [6.45, 7) is 4.52. The number of rotatable bonds is 7. The lowest BCUT2D eigenvalue weighted by Gasteiger charge is -2.09. The van der Waals surface area contributed by atoms with Crippen LogP contribution in [-0.4, -0.2) is 34.5 Å². The zero-order chi connectivity index (χ0) is 15.7. The molecule has 1 fully saturated rings. The summed E-state index contributed by atoms with van der Waals surface area (Å²) in [6.07, 6.45) is 12.1. The zero-order valence-electron chi connectivity index (χ0n) is 12.9. The molecule has 1 aliphatic heterocycles. The van der Waals surface area contributed by atoms with E-state index in [9.17, 15) is 14.7 Å². The third kappa shape index (κ3) is 6.54. The summed E-state index contributed by atoms with van der Waals surface area (Å²) in [7, 11) is 0. The van der Waals surface area contributed by atoms with Crippen molar-refractivity contribution in [3.63, 3.8) is 0 Å². The molecular formula is C17H25NO3. The molecule has 4 nitrogen and oxygen atoms in total. The molecule has 0 aromatic rings. The Kier molecular flexibility index (Phi) is 7.69. The molecule has 0 radical (unpaired) electrons. The van der Waals surface area contributed by atoms with Gasteiger partial charge in [0.2, 0.25) is 5.91 Å². The van der Waals surface area contributed by atoms with E-state index in [1.165, 1.54) is 11.0 Å². The summed E-state index contributed by atoms with van der Waals surface area (Å²) in [4.78, 5) is 24.4. The highest BCUT2D eigenvalue weighted by atomic mass is 16.3. The van der Waals surface area contributed by atoms with E-state index >= 15 is 0 Å². The molecule has 0 aromatic carbocycles. The van der Waals surface area contributed by atoms with Crippen LogP contribution in [-0.2, 0) is 9.59 Å². The normalized spacial score (nSPS) is 18.1. The van der Waals surface area contributed by atoms with Crippen LogP contribution in [0.1, 0.15) is 46.0 Å². The minimum Gasteiger partial charge on any atom is -0.389 e. The maximum Gasteiger partial charge on any atom is 0.253 e. The van der Waals surface area contributed by atoms with E-state index in [0.717, 1.165) is 31.3 Å². The largest absolute Gasteiger partial charge is 0.389 e. The number of likely N-dealkylation sites (tertiary alicyclic amines) is 1. The van der Waals surface area contributed by atoms with Gasteiger partial charge in [-0.05, 0) is 19.8 Å². The number of imide groups is 1. The van der Waals surface area contributed by atoms with Crippen LogP contribution in [0.4, 0.5) is 0 Å². The van der Waals surface area contributed by atoms with Crippen LogP contribution in [0.25, 0.3) is 0 Å². The predicted octanol–water partition coefficient (Wildman–Crippen LogP) is 2.75. The van der Waals surface area contributed by atoms with Gasteiger partial charge in [0, 0.05) is 19.0 Å². The number of allylic oxidation sites excluding steroid dienone is 4. The van der Waals surface area contributed by atoms with E-state index in [1.54, 1.807) is 12.2 Å².